The van der Waals surface area contributed by atoms with Gasteiger partial charge in [0.2, 0.25) is 0 Å². The van der Waals surface area contributed by atoms with Gasteiger partial charge < -0.3 is 9.90 Å². The number of carboxylic acid groups (broad SMARTS) is 1. The maximum atomic E-state index is 11.9. The van der Waals surface area contributed by atoms with Crippen LogP contribution in [0.15, 0.2) is 30.3 Å². The number of carbonyl (C=O) groups is 3. The van der Waals surface area contributed by atoms with Crippen molar-refractivity contribution >= 4 is 17.8 Å². The maximum Gasteiger partial charge on any atom is 0.317 e. The summed E-state index contributed by atoms with van der Waals surface area (Å²) in [5.74, 6) is -0.522. The SMILES string of the molecule is CC(=O)[N+]1(C(=O)[O-])CCC(=O)CC1c1ccccc1. The zero-order chi connectivity index (χ0) is 14.0. The van der Waals surface area contributed by atoms with E-state index in [2.05, 4.69) is 0 Å². The lowest BCUT2D eigenvalue weighted by atomic mass is 9.91. The molecule has 0 radical (unpaired) electrons. The summed E-state index contributed by atoms with van der Waals surface area (Å²) in [4.78, 5) is 35.1. The fourth-order valence-corrected chi connectivity index (χ4v) is 2.70. The van der Waals surface area contributed by atoms with Crippen LogP contribution in [0.5, 0.6) is 0 Å². The largest absolute Gasteiger partial charge is 0.498 e. The number of piperidine rings is 1. The third kappa shape index (κ3) is 2.17. The molecule has 0 N–H and O–H groups in total. The predicted molar refractivity (Wildman–Crippen MR) is 64.6 cm³/mol. The number of rotatable bonds is 1. The number of Topliss-reactive ketones (excluding diaryl/α,β-unsaturated/α-hetero) is 1. The molecule has 0 saturated carbocycles. The van der Waals surface area contributed by atoms with Gasteiger partial charge in [-0.25, -0.2) is 9.28 Å². The molecule has 2 atom stereocenters. The second-order valence-electron chi connectivity index (χ2n) is 4.80. The lowest BCUT2D eigenvalue weighted by molar-refractivity contribution is -0.836. The molecule has 1 aliphatic heterocycles. The fourth-order valence-electron chi connectivity index (χ4n) is 2.70. The van der Waals surface area contributed by atoms with Gasteiger partial charge in [0.25, 0.3) is 6.09 Å². The highest BCUT2D eigenvalue weighted by atomic mass is 16.4. The molecule has 2 amide bonds. The Morgan fingerprint density at radius 2 is 1.89 bits per heavy atom. The van der Waals surface area contributed by atoms with E-state index >= 15 is 0 Å². The van der Waals surface area contributed by atoms with Gasteiger partial charge in [0.15, 0.2) is 0 Å². The molecule has 1 aromatic carbocycles. The number of benzene rings is 1. The Bertz CT molecular complexity index is 510. The van der Waals surface area contributed by atoms with Gasteiger partial charge in [-0.2, -0.15) is 0 Å². The van der Waals surface area contributed by atoms with E-state index in [9.17, 15) is 19.5 Å². The number of likely N-dealkylation sites (tertiary alicyclic amines) is 1. The average molecular weight is 261 g/mol. The van der Waals surface area contributed by atoms with Crippen molar-refractivity contribution in [1.29, 1.82) is 0 Å². The number of ketones is 1. The van der Waals surface area contributed by atoms with Crippen LogP contribution >= 0.6 is 0 Å². The van der Waals surface area contributed by atoms with Crippen LogP contribution in [0.4, 0.5) is 4.79 Å². The monoisotopic (exact) mass is 261 g/mol. The number of hydrogen-bond acceptors (Lipinski definition) is 4. The summed E-state index contributed by atoms with van der Waals surface area (Å²) in [7, 11) is 0. The van der Waals surface area contributed by atoms with Crippen LogP contribution in [0.2, 0.25) is 0 Å². The Labute approximate surface area is 111 Å². The molecular weight excluding hydrogens is 246 g/mol. The molecule has 1 saturated heterocycles. The molecule has 5 heteroatoms. The van der Waals surface area contributed by atoms with Crippen LogP contribution in [0.1, 0.15) is 31.4 Å². The van der Waals surface area contributed by atoms with Gasteiger partial charge in [-0.05, 0) is 0 Å². The lowest BCUT2D eigenvalue weighted by Gasteiger charge is -2.43. The van der Waals surface area contributed by atoms with Crippen molar-refractivity contribution < 1.29 is 24.0 Å². The number of amides is 2. The third-order valence-corrected chi connectivity index (χ3v) is 3.77. The van der Waals surface area contributed by atoms with Gasteiger partial charge in [0, 0.05) is 5.56 Å². The summed E-state index contributed by atoms with van der Waals surface area (Å²) in [5, 5.41) is 11.5. The summed E-state index contributed by atoms with van der Waals surface area (Å²) in [6.07, 6.45) is -1.29. The first-order chi connectivity index (χ1) is 8.98. The highest BCUT2D eigenvalue weighted by molar-refractivity contribution is 5.84. The smallest absolute Gasteiger partial charge is 0.317 e. The topological polar surface area (TPSA) is 74.3 Å². The number of carbonyl (C=O) groups excluding carboxylic acids is 3. The molecule has 0 aliphatic carbocycles. The second kappa shape index (κ2) is 4.93. The Morgan fingerprint density at radius 1 is 1.26 bits per heavy atom. The van der Waals surface area contributed by atoms with Crippen LogP contribution in [-0.4, -0.2) is 28.8 Å². The normalized spacial score (nSPS) is 27.0. The summed E-state index contributed by atoms with van der Waals surface area (Å²) in [6.45, 7) is 1.21. The molecule has 0 aromatic heterocycles. The van der Waals surface area contributed by atoms with E-state index in [0.29, 0.717) is 5.56 Å². The lowest BCUT2D eigenvalue weighted by Crippen LogP contribution is -2.65. The predicted octanol–water partition coefficient (Wildman–Crippen LogP) is 0.797. The van der Waals surface area contributed by atoms with Gasteiger partial charge in [-0.1, -0.05) is 30.3 Å². The molecular formula is C14H15NO4. The van der Waals surface area contributed by atoms with E-state index in [4.69, 9.17) is 0 Å². The molecule has 1 fully saturated rings. The molecule has 5 nitrogen and oxygen atoms in total. The Morgan fingerprint density at radius 3 is 2.42 bits per heavy atom. The van der Waals surface area contributed by atoms with E-state index in [1.54, 1.807) is 30.3 Å². The van der Waals surface area contributed by atoms with Gasteiger partial charge in [0.05, 0.1) is 26.3 Å². The molecule has 1 aromatic rings. The van der Waals surface area contributed by atoms with Crippen molar-refractivity contribution in [2.45, 2.75) is 25.8 Å². The summed E-state index contributed by atoms with van der Waals surface area (Å²) < 4.78 is -0.796. The minimum atomic E-state index is -1.44. The van der Waals surface area contributed by atoms with Crippen LogP contribution in [-0.2, 0) is 9.59 Å². The van der Waals surface area contributed by atoms with E-state index in [1.807, 2.05) is 0 Å². The molecule has 0 bridgehead atoms. The van der Waals surface area contributed by atoms with E-state index in [0.717, 1.165) is 0 Å². The van der Waals surface area contributed by atoms with Crippen LogP contribution < -0.4 is 5.11 Å². The van der Waals surface area contributed by atoms with Crippen LogP contribution in [0, 0.1) is 0 Å². The maximum absolute atomic E-state index is 11.9. The second-order valence-corrected chi connectivity index (χ2v) is 4.80. The quantitative estimate of drug-likeness (QED) is 0.701. The molecule has 2 rings (SSSR count). The van der Waals surface area contributed by atoms with Gasteiger partial charge in [-0.15, -0.1) is 0 Å². The minimum absolute atomic E-state index is 0.0231. The number of quaternary nitrogens is 1. The standard InChI is InChI=1S/C14H15NO4/c1-10(16)15(14(18)19)8-7-12(17)9-13(15)11-5-3-2-4-6-11/h2-6,13H,7-9H2,1H3. The van der Waals surface area contributed by atoms with Crippen molar-refractivity contribution in [3.05, 3.63) is 35.9 Å². The Kier molecular flexibility index (Phi) is 3.48. The zero-order valence-electron chi connectivity index (χ0n) is 10.7. The first-order valence-electron chi connectivity index (χ1n) is 6.15. The summed E-state index contributed by atoms with van der Waals surface area (Å²) >= 11 is 0. The molecule has 1 aliphatic rings. The van der Waals surface area contributed by atoms with Crippen molar-refractivity contribution in [3.8, 4) is 0 Å². The van der Waals surface area contributed by atoms with E-state index in [-0.39, 0.29) is 25.2 Å². The average Bonchev–Trinajstić information content (AvgIpc) is 2.39. The van der Waals surface area contributed by atoms with Crippen LogP contribution in [0.3, 0.4) is 0 Å². The van der Waals surface area contributed by atoms with Crippen molar-refractivity contribution in [3.63, 3.8) is 0 Å². The van der Waals surface area contributed by atoms with Gasteiger partial charge >= 0.3 is 5.91 Å². The van der Waals surface area contributed by atoms with E-state index in [1.165, 1.54) is 6.92 Å². The van der Waals surface area contributed by atoms with Gasteiger partial charge in [0.1, 0.15) is 11.8 Å². The minimum Gasteiger partial charge on any atom is -0.498 e. The summed E-state index contributed by atoms with van der Waals surface area (Å²) in [5.41, 5.74) is 0.676. The van der Waals surface area contributed by atoms with Crippen molar-refractivity contribution in [2.75, 3.05) is 6.54 Å². The van der Waals surface area contributed by atoms with Crippen molar-refractivity contribution in [2.24, 2.45) is 0 Å². The highest BCUT2D eigenvalue weighted by Crippen LogP contribution is 2.36. The molecule has 2 unspecified atom stereocenters. The Hall–Kier alpha value is -2.01. The molecule has 1 heterocycles. The van der Waals surface area contributed by atoms with Gasteiger partial charge in [-0.3, -0.25) is 4.79 Å². The number of hydrogen-bond donors (Lipinski definition) is 0. The first-order valence-corrected chi connectivity index (χ1v) is 6.15. The van der Waals surface area contributed by atoms with Crippen LogP contribution in [0.25, 0.3) is 0 Å². The Balaban J connectivity index is 2.53. The van der Waals surface area contributed by atoms with Crippen molar-refractivity contribution in [1.82, 2.24) is 0 Å². The number of nitrogens with zero attached hydrogens (tertiary/aromatic N) is 1. The fraction of sp³-hybridized carbons (Fsp3) is 0.357. The molecule has 19 heavy (non-hydrogen) atoms. The molecule has 0 spiro atoms. The third-order valence-electron chi connectivity index (χ3n) is 3.77. The summed E-state index contributed by atoms with van der Waals surface area (Å²) in [6, 6.07) is 8.11. The molecule has 100 valence electrons. The van der Waals surface area contributed by atoms with E-state index < -0.39 is 22.5 Å². The first kappa shape index (κ1) is 13.4. The zero-order valence-corrected chi connectivity index (χ0v) is 10.7. The highest BCUT2D eigenvalue weighted by Gasteiger charge is 2.49. The number of imide groups is 1.